The van der Waals surface area contributed by atoms with Crippen LogP contribution in [0.1, 0.15) is 45.7 Å². The van der Waals surface area contributed by atoms with E-state index in [-0.39, 0.29) is 6.04 Å². The van der Waals surface area contributed by atoms with Crippen molar-refractivity contribution < 1.29 is 9.53 Å². The monoisotopic (exact) mass is 346 g/mol. The molecule has 0 saturated heterocycles. The second-order valence-electron chi connectivity index (χ2n) is 6.10. The van der Waals surface area contributed by atoms with E-state index in [1.54, 1.807) is 6.07 Å². The number of hydrogen-bond donors (Lipinski definition) is 2. The molecular formula is C16H24Cl2N2O2. The van der Waals surface area contributed by atoms with Gasteiger partial charge in [-0.1, -0.05) is 35.3 Å². The number of carbonyl (C=O) groups excluding carboxylic acids is 1. The number of benzene rings is 1. The molecular weight excluding hydrogens is 323 g/mol. The molecule has 0 fully saturated rings. The van der Waals surface area contributed by atoms with Crippen LogP contribution in [0.25, 0.3) is 0 Å². The molecule has 22 heavy (non-hydrogen) atoms. The summed E-state index contributed by atoms with van der Waals surface area (Å²) in [6, 6.07) is 5.69. The zero-order valence-electron chi connectivity index (χ0n) is 13.5. The minimum Gasteiger partial charge on any atom is -0.444 e. The predicted molar refractivity (Wildman–Crippen MR) is 91.7 cm³/mol. The molecule has 1 aromatic rings. The highest BCUT2D eigenvalue weighted by Gasteiger charge is 2.15. The fourth-order valence-corrected chi connectivity index (χ4v) is 2.35. The number of alkyl carbamates (subject to hydrolysis) is 1. The molecule has 1 amide bonds. The highest BCUT2D eigenvalue weighted by molar-refractivity contribution is 6.42. The Morgan fingerprint density at radius 2 is 1.95 bits per heavy atom. The van der Waals surface area contributed by atoms with Gasteiger partial charge in [0.2, 0.25) is 0 Å². The SMILES string of the molecule is CC(NCCCNC(=O)OC(C)(C)C)c1cccc(Cl)c1Cl. The van der Waals surface area contributed by atoms with Gasteiger partial charge in [-0.15, -0.1) is 0 Å². The summed E-state index contributed by atoms with van der Waals surface area (Å²) in [4.78, 5) is 11.5. The molecule has 0 aromatic heterocycles. The van der Waals surface area contributed by atoms with Crippen LogP contribution in [0, 0.1) is 0 Å². The largest absolute Gasteiger partial charge is 0.444 e. The van der Waals surface area contributed by atoms with Crippen molar-refractivity contribution in [1.82, 2.24) is 10.6 Å². The van der Waals surface area contributed by atoms with Gasteiger partial charge in [0.1, 0.15) is 5.60 Å². The minimum absolute atomic E-state index is 0.0905. The first-order valence-corrected chi connectivity index (χ1v) is 8.10. The Hall–Kier alpha value is -0.970. The molecule has 0 radical (unpaired) electrons. The summed E-state index contributed by atoms with van der Waals surface area (Å²) < 4.78 is 5.16. The van der Waals surface area contributed by atoms with Crippen LogP contribution in [0.2, 0.25) is 10.0 Å². The van der Waals surface area contributed by atoms with Crippen LogP contribution in [0.15, 0.2) is 18.2 Å². The van der Waals surface area contributed by atoms with E-state index in [2.05, 4.69) is 10.6 Å². The lowest BCUT2D eigenvalue weighted by Crippen LogP contribution is -2.34. The minimum atomic E-state index is -0.472. The number of amides is 1. The summed E-state index contributed by atoms with van der Waals surface area (Å²) in [6.07, 6.45) is 0.403. The van der Waals surface area contributed by atoms with Gasteiger partial charge in [-0.2, -0.15) is 0 Å². The van der Waals surface area contributed by atoms with Gasteiger partial charge in [0.05, 0.1) is 10.0 Å². The van der Waals surface area contributed by atoms with Gasteiger partial charge in [-0.3, -0.25) is 0 Å². The maximum atomic E-state index is 11.5. The Morgan fingerprint density at radius 1 is 1.27 bits per heavy atom. The van der Waals surface area contributed by atoms with Gasteiger partial charge in [0, 0.05) is 12.6 Å². The molecule has 0 heterocycles. The molecule has 0 aliphatic rings. The molecule has 0 bridgehead atoms. The van der Waals surface area contributed by atoms with E-state index in [1.807, 2.05) is 39.8 Å². The molecule has 1 rings (SSSR count). The van der Waals surface area contributed by atoms with Crippen LogP contribution in [0.5, 0.6) is 0 Å². The van der Waals surface area contributed by atoms with E-state index in [0.29, 0.717) is 16.6 Å². The summed E-state index contributed by atoms with van der Waals surface area (Å²) in [5.41, 5.74) is 0.495. The molecule has 0 aliphatic carbocycles. The number of nitrogens with one attached hydrogen (secondary N) is 2. The third kappa shape index (κ3) is 6.86. The first kappa shape index (κ1) is 19.1. The van der Waals surface area contributed by atoms with Gasteiger partial charge in [-0.25, -0.2) is 4.79 Å². The van der Waals surface area contributed by atoms with Crippen LogP contribution in [-0.4, -0.2) is 24.8 Å². The Morgan fingerprint density at radius 3 is 2.59 bits per heavy atom. The molecule has 2 N–H and O–H groups in total. The van der Waals surface area contributed by atoms with Crippen LogP contribution in [0.4, 0.5) is 4.79 Å². The molecule has 1 atom stereocenters. The quantitative estimate of drug-likeness (QED) is 0.742. The van der Waals surface area contributed by atoms with E-state index in [4.69, 9.17) is 27.9 Å². The number of halogens is 2. The Labute approximate surface area is 142 Å². The lowest BCUT2D eigenvalue weighted by atomic mass is 10.1. The number of hydrogen-bond acceptors (Lipinski definition) is 3. The smallest absolute Gasteiger partial charge is 0.407 e. The zero-order valence-corrected chi connectivity index (χ0v) is 15.0. The lowest BCUT2D eigenvalue weighted by molar-refractivity contribution is 0.0527. The third-order valence-corrected chi connectivity index (χ3v) is 3.75. The van der Waals surface area contributed by atoms with Crippen LogP contribution in [-0.2, 0) is 4.74 Å². The third-order valence-electron chi connectivity index (χ3n) is 2.92. The van der Waals surface area contributed by atoms with E-state index >= 15 is 0 Å². The molecule has 1 aromatic carbocycles. The number of rotatable bonds is 6. The maximum Gasteiger partial charge on any atom is 0.407 e. The van der Waals surface area contributed by atoms with Crippen LogP contribution >= 0.6 is 23.2 Å². The van der Waals surface area contributed by atoms with E-state index < -0.39 is 11.7 Å². The maximum absolute atomic E-state index is 11.5. The molecule has 124 valence electrons. The van der Waals surface area contributed by atoms with Gasteiger partial charge in [-0.05, 0) is 52.3 Å². The van der Waals surface area contributed by atoms with Crippen molar-refractivity contribution >= 4 is 29.3 Å². The molecule has 0 aliphatic heterocycles. The fourth-order valence-electron chi connectivity index (χ4n) is 1.88. The van der Waals surface area contributed by atoms with Crippen molar-refractivity contribution in [2.24, 2.45) is 0 Å². The van der Waals surface area contributed by atoms with Crippen molar-refractivity contribution in [3.05, 3.63) is 33.8 Å². The Bertz CT molecular complexity index is 501. The van der Waals surface area contributed by atoms with E-state index in [1.165, 1.54) is 0 Å². The first-order chi connectivity index (χ1) is 10.2. The summed E-state index contributed by atoms with van der Waals surface area (Å²) in [5, 5.41) is 7.21. The Kier molecular flexibility index (Phi) is 7.46. The van der Waals surface area contributed by atoms with Gasteiger partial charge in [0.15, 0.2) is 0 Å². The van der Waals surface area contributed by atoms with Crippen molar-refractivity contribution in [3.63, 3.8) is 0 Å². The summed E-state index contributed by atoms with van der Waals surface area (Å²) >= 11 is 12.2. The molecule has 6 heteroatoms. The van der Waals surface area contributed by atoms with Crippen LogP contribution < -0.4 is 10.6 Å². The zero-order chi connectivity index (χ0) is 16.8. The van der Waals surface area contributed by atoms with Crippen molar-refractivity contribution in [3.8, 4) is 0 Å². The van der Waals surface area contributed by atoms with Crippen molar-refractivity contribution in [2.75, 3.05) is 13.1 Å². The van der Waals surface area contributed by atoms with Gasteiger partial charge >= 0.3 is 6.09 Å². The molecule has 1 unspecified atom stereocenters. The lowest BCUT2D eigenvalue weighted by Gasteiger charge is -2.20. The molecule has 4 nitrogen and oxygen atoms in total. The second-order valence-corrected chi connectivity index (χ2v) is 6.89. The average Bonchev–Trinajstić information content (AvgIpc) is 2.39. The normalized spacial score (nSPS) is 12.8. The highest BCUT2D eigenvalue weighted by atomic mass is 35.5. The molecule has 0 saturated carbocycles. The fraction of sp³-hybridized carbons (Fsp3) is 0.562. The number of carbonyl (C=O) groups is 1. The average molecular weight is 347 g/mol. The molecule has 0 spiro atoms. The predicted octanol–water partition coefficient (Wildman–Crippen LogP) is 4.56. The highest BCUT2D eigenvalue weighted by Crippen LogP contribution is 2.29. The van der Waals surface area contributed by atoms with Gasteiger partial charge < -0.3 is 15.4 Å². The first-order valence-electron chi connectivity index (χ1n) is 7.35. The van der Waals surface area contributed by atoms with E-state index in [0.717, 1.165) is 18.5 Å². The van der Waals surface area contributed by atoms with E-state index in [9.17, 15) is 4.79 Å². The second kappa shape index (κ2) is 8.61. The summed E-state index contributed by atoms with van der Waals surface area (Å²) in [7, 11) is 0. The van der Waals surface area contributed by atoms with Crippen molar-refractivity contribution in [2.45, 2.75) is 45.8 Å². The van der Waals surface area contributed by atoms with Crippen LogP contribution in [0.3, 0.4) is 0 Å². The van der Waals surface area contributed by atoms with Gasteiger partial charge in [0.25, 0.3) is 0 Å². The summed E-state index contributed by atoms with van der Waals surface area (Å²) in [5.74, 6) is 0. The number of ether oxygens (including phenoxy) is 1. The Balaban J connectivity index is 2.27. The summed E-state index contributed by atoms with van der Waals surface area (Å²) in [6.45, 7) is 8.84. The van der Waals surface area contributed by atoms with Crippen molar-refractivity contribution in [1.29, 1.82) is 0 Å². The standard InChI is InChI=1S/C16H24Cl2N2O2/c1-11(12-7-5-8-13(17)14(12)18)19-9-6-10-20-15(21)22-16(2,3)4/h5,7-8,11,19H,6,9-10H2,1-4H3,(H,20,21). The topological polar surface area (TPSA) is 50.4 Å².